The molecule has 0 radical (unpaired) electrons. The quantitative estimate of drug-likeness (QED) is 0.816. The molecule has 1 amide bonds. The third kappa shape index (κ3) is 2.20. The van der Waals surface area contributed by atoms with Crippen LogP contribution in [0.1, 0.15) is 36.5 Å². The lowest BCUT2D eigenvalue weighted by molar-refractivity contribution is 0.0891. The molecule has 1 fully saturated rings. The molecule has 0 saturated heterocycles. The topological polar surface area (TPSA) is 73.6 Å². The van der Waals surface area contributed by atoms with E-state index in [1.165, 1.54) is 19.3 Å². The Labute approximate surface area is 112 Å². The van der Waals surface area contributed by atoms with Crippen LogP contribution in [0.5, 0.6) is 11.5 Å². The standard InChI is InChI=1S/C14H18N2O3/c1-14(3-2-4-14)7-16-13(17)9-5-11-12(6-10(9)15)19-8-18-11/h5-6H,2-4,7-8,15H2,1H3,(H,16,17). The van der Waals surface area contributed by atoms with Crippen LogP contribution in [0.4, 0.5) is 5.69 Å². The van der Waals surface area contributed by atoms with Crippen molar-refractivity contribution in [1.82, 2.24) is 5.32 Å². The second-order valence-electron chi connectivity index (χ2n) is 5.64. The molecule has 0 unspecified atom stereocenters. The second kappa shape index (κ2) is 4.33. The summed E-state index contributed by atoms with van der Waals surface area (Å²) in [6.07, 6.45) is 3.59. The van der Waals surface area contributed by atoms with Crippen molar-refractivity contribution < 1.29 is 14.3 Å². The first-order valence-electron chi connectivity index (χ1n) is 6.55. The lowest BCUT2D eigenvalue weighted by atomic mass is 9.70. The average molecular weight is 262 g/mol. The van der Waals surface area contributed by atoms with E-state index in [-0.39, 0.29) is 18.1 Å². The van der Waals surface area contributed by atoms with Gasteiger partial charge in [-0.15, -0.1) is 0 Å². The highest BCUT2D eigenvalue weighted by atomic mass is 16.7. The van der Waals surface area contributed by atoms with Crippen LogP contribution < -0.4 is 20.5 Å². The van der Waals surface area contributed by atoms with E-state index in [1.807, 2.05) is 0 Å². The number of anilines is 1. The molecule has 3 rings (SSSR count). The minimum absolute atomic E-state index is 0.149. The van der Waals surface area contributed by atoms with Crippen LogP contribution in [0.25, 0.3) is 0 Å². The van der Waals surface area contributed by atoms with Crippen molar-refractivity contribution in [3.8, 4) is 11.5 Å². The number of rotatable bonds is 3. The van der Waals surface area contributed by atoms with Crippen LogP contribution in [0.3, 0.4) is 0 Å². The summed E-state index contributed by atoms with van der Waals surface area (Å²) in [4.78, 5) is 12.2. The zero-order chi connectivity index (χ0) is 13.5. The molecule has 19 heavy (non-hydrogen) atoms. The molecule has 1 aromatic carbocycles. The Morgan fingerprint density at radius 3 is 2.68 bits per heavy atom. The smallest absolute Gasteiger partial charge is 0.253 e. The van der Waals surface area contributed by atoms with Gasteiger partial charge in [-0.25, -0.2) is 0 Å². The number of fused-ring (bicyclic) bond motifs is 1. The van der Waals surface area contributed by atoms with Crippen molar-refractivity contribution in [2.75, 3.05) is 19.1 Å². The van der Waals surface area contributed by atoms with E-state index in [4.69, 9.17) is 15.2 Å². The Hall–Kier alpha value is -1.91. The summed E-state index contributed by atoms with van der Waals surface area (Å²) in [5.74, 6) is 1.03. The summed E-state index contributed by atoms with van der Waals surface area (Å²) in [5, 5.41) is 2.96. The van der Waals surface area contributed by atoms with Crippen molar-refractivity contribution in [2.45, 2.75) is 26.2 Å². The van der Waals surface area contributed by atoms with Crippen LogP contribution in [-0.4, -0.2) is 19.2 Å². The molecule has 5 nitrogen and oxygen atoms in total. The second-order valence-corrected chi connectivity index (χ2v) is 5.64. The maximum Gasteiger partial charge on any atom is 0.253 e. The molecule has 1 aliphatic carbocycles. The van der Waals surface area contributed by atoms with Gasteiger partial charge in [0.1, 0.15) is 0 Å². The van der Waals surface area contributed by atoms with Crippen LogP contribution in [0, 0.1) is 5.41 Å². The van der Waals surface area contributed by atoms with Gasteiger partial charge < -0.3 is 20.5 Å². The van der Waals surface area contributed by atoms with Crippen LogP contribution in [0.15, 0.2) is 12.1 Å². The molecule has 1 saturated carbocycles. The highest BCUT2D eigenvalue weighted by molar-refractivity contribution is 6.00. The minimum atomic E-state index is -0.149. The maximum absolute atomic E-state index is 12.2. The first-order valence-corrected chi connectivity index (χ1v) is 6.55. The van der Waals surface area contributed by atoms with Crippen LogP contribution in [0.2, 0.25) is 0 Å². The van der Waals surface area contributed by atoms with Gasteiger partial charge in [0.2, 0.25) is 6.79 Å². The fraction of sp³-hybridized carbons (Fsp3) is 0.500. The highest BCUT2D eigenvalue weighted by Crippen LogP contribution is 2.40. The van der Waals surface area contributed by atoms with Gasteiger partial charge in [-0.2, -0.15) is 0 Å². The summed E-state index contributed by atoms with van der Waals surface area (Å²) < 4.78 is 10.5. The molecule has 0 aromatic heterocycles. The van der Waals surface area contributed by atoms with Gasteiger partial charge >= 0.3 is 0 Å². The molecular formula is C14H18N2O3. The van der Waals surface area contributed by atoms with Crippen molar-refractivity contribution >= 4 is 11.6 Å². The van der Waals surface area contributed by atoms with Gasteiger partial charge in [-0.3, -0.25) is 4.79 Å². The van der Waals surface area contributed by atoms with Gasteiger partial charge in [0.15, 0.2) is 11.5 Å². The predicted octanol–water partition coefficient (Wildman–Crippen LogP) is 1.92. The summed E-state index contributed by atoms with van der Waals surface area (Å²) >= 11 is 0. The van der Waals surface area contributed by atoms with Crippen molar-refractivity contribution in [3.63, 3.8) is 0 Å². The number of amides is 1. The third-order valence-electron chi connectivity index (χ3n) is 4.03. The molecular weight excluding hydrogens is 244 g/mol. The van der Waals surface area contributed by atoms with Gasteiger partial charge in [0.25, 0.3) is 5.91 Å². The molecule has 5 heteroatoms. The predicted molar refractivity (Wildman–Crippen MR) is 71.3 cm³/mol. The summed E-state index contributed by atoms with van der Waals surface area (Å²) in [6, 6.07) is 3.29. The van der Waals surface area contributed by atoms with E-state index in [2.05, 4.69) is 12.2 Å². The summed E-state index contributed by atoms with van der Waals surface area (Å²) in [6.45, 7) is 3.07. The zero-order valence-electron chi connectivity index (χ0n) is 11.0. The molecule has 0 bridgehead atoms. The van der Waals surface area contributed by atoms with Crippen molar-refractivity contribution in [3.05, 3.63) is 17.7 Å². The van der Waals surface area contributed by atoms with E-state index in [0.717, 1.165) is 0 Å². The lowest BCUT2D eigenvalue weighted by Crippen LogP contribution is -2.40. The SMILES string of the molecule is CC1(CNC(=O)c2cc3c(cc2N)OCO3)CCC1. The fourth-order valence-corrected chi connectivity index (χ4v) is 2.50. The molecule has 0 atom stereocenters. The van der Waals surface area contributed by atoms with Crippen LogP contribution >= 0.6 is 0 Å². The van der Waals surface area contributed by atoms with Gasteiger partial charge in [0.05, 0.1) is 5.56 Å². The van der Waals surface area contributed by atoms with Crippen molar-refractivity contribution in [2.24, 2.45) is 5.41 Å². The molecule has 1 aromatic rings. The van der Waals surface area contributed by atoms with E-state index >= 15 is 0 Å². The molecule has 2 aliphatic rings. The Kier molecular flexibility index (Phi) is 2.77. The summed E-state index contributed by atoms with van der Waals surface area (Å²) in [7, 11) is 0. The minimum Gasteiger partial charge on any atom is -0.454 e. The monoisotopic (exact) mass is 262 g/mol. The van der Waals surface area contributed by atoms with Crippen LogP contribution in [-0.2, 0) is 0 Å². The van der Waals surface area contributed by atoms with E-state index < -0.39 is 0 Å². The molecule has 102 valence electrons. The average Bonchev–Trinajstić information content (AvgIpc) is 2.79. The molecule has 0 spiro atoms. The number of carbonyl (C=O) groups excluding carboxylic acids is 1. The van der Waals surface area contributed by atoms with E-state index in [1.54, 1.807) is 12.1 Å². The number of ether oxygens (including phenoxy) is 2. The van der Waals surface area contributed by atoms with E-state index in [0.29, 0.717) is 29.3 Å². The van der Waals surface area contributed by atoms with E-state index in [9.17, 15) is 4.79 Å². The maximum atomic E-state index is 12.2. The Bertz CT molecular complexity index is 524. The number of nitrogen functional groups attached to an aromatic ring is 1. The fourth-order valence-electron chi connectivity index (χ4n) is 2.50. The van der Waals surface area contributed by atoms with Gasteiger partial charge in [0, 0.05) is 18.3 Å². The third-order valence-corrected chi connectivity index (χ3v) is 4.03. The van der Waals surface area contributed by atoms with Crippen molar-refractivity contribution in [1.29, 1.82) is 0 Å². The number of carbonyl (C=O) groups is 1. The first kappa shape index (κ1) is 12.1. The highest BCUT2D eigenvalue weighted by Gasteiger charge is 2.32. The molecule has 1 heterocycles. The Morgan fingerprint density at radius 2 is 2.05 bits per heavy atom. The molecule has 3 N–H and O–H groups in total. The summed E-state index contributed by atoms with van der Waals surface area (Å²) in [5.41, 5.74) is 7.00. The Morgan fingerprint density at radius 1 is 1.37 bits per heavy atom. The number of hydrogen-bond acceptors (Lipinski definition) is 4. The largest absolute Gasteiger partial charge is 0.454 e. The number of hydrogen-bond donors (Lipinski definition) is 2. The Balaban J connectivity index is 1.72. The normalized spacial score (nSPS) is 18.8. The number of nitrogens with two attached hydrogens (primary N) is 1. The first-order chi connectivity index (χ1) is 9.07. The number of nitrogens with one attached hydrogen (secondary N) is 1. The number of benzene rings is 1. The lowest BCUT2D eigenvalue weighted by Gasteiger charge is -2.38. The van der Waals surface area contributed by atoms with Gasteiger partial charge in [-0.1, -0.05) is 13.3 Å². The zero-order valence-corrected chi connectivity index (χ0v) is 11.0. The van der Waals surface area contributed by atoms with Gasteiger partial charge in [-0.05, 0) is 24.3 Å². The molecule has 1 aliphatic heterocycles.